The first-order chi connectivity index (χ1) is 27.9. The molecule has 0 atom stereocenters. The van der Waals surface area contributed by atoms with Crippen molar-refractivity contribution in [2.75, 3.05) is 9.80 Å². The van der Waals surface area contributed by atoms with E-state index in [4.69, 9.17) is 4.98 Å². The number of aromatic nitrogens is 1. The highest BCUT2D eigenvalue weighted by Gasteiger charge is 2.42. The van der Waals surface area contributed by atoms with Crippen molar-refractivity contribution in [2.45, 2.75) is 64.7 Å². The number of nitrogens with zero attached hydrogens (tertiary/aromatic N) is 3. The molecule has 10 rings (SSSR count). The van der Waals surface area contributed by atoms with Crippen LogP contribution in [0.25, 0.3) is 43.9 Å². The third kappa shape index (κ3) is 5.67. The number of para-hydroxylation sites is 1. The standard InChI is InChI=1S/C55H49N3/c1-53(2,3)40-26-30-42(31-27-40)58(49-34-39-14-8-9-15-43(39)44-16-10-11-17-45(44)49)41-28-24-37(25-29-41)36-20-22-38(23-21-36)51-50-52-47(35-56-51)55(6,7)46-18-12-13-19-48(46)57(52)33-32-54(50,4)5/h8-35H,1-7H3. The van der Waals surface area contributed by atoms with Crippen molar-refractivity contribution >= 4 is 50.0 Å². The summed E-state index contributed by atoms with van der Waals surface area (Å²) < 4.78 is 0. The van der Waals surface area contributed by atoms with Gasteiger partial charge in [-0.2, -0.15) is 0 Å². The Bertz CT molecular complexity index is 2910. The van der Waals surface area contributed by atoms with E-state index in [-0.39, 0.29) is 16.2 Å². The minimum absolute atomic E-state index is 0.0694. The topological polar surface area (TPSA) is 19.4 Å². The van der Waals surface area contributed by atoms with Crippen LogP contribution in [0.2, 0.25) is 0 Å². The third-order valence-corrected chi connectivity index (χ3v) is 12.7. The van der Waals surface area contributed by atoms with Gasteiger partial charge >= 0.3 is 0 Å². The molecule has 0 saturated carbocycles. The zero-order chi connectivity index (χ0) is 40.0. The van der Waals surface area contributed by atoms with Gasteiger partial charge in [0.25, 0.3) is 0 Å². The number of fused-ring (bicyclic) bond motifs is 5. The van der Waals surface area contributed by atoms with Gasteiger partial charge in [-0.3, -0.25) is 4.98 Å². The Balaban J connectivity index is 1.04. The molecule has 0 radical (unpaired) electrons. The summed E-state index contributed by atoms with van der Waals surface area (Å²) >= 11 is 0. The molecule has 0 saturated heterocycles. The first-order valence-corrected chi connectivity index (χ1v) is 20.5. The fraction of sp³-hybridized carbons (Fsp3) is 0.182. The molecule has 0 aliphatic carbocycles. The minimum Gasteiger partial charge on any atom is -0.316 e. The summed E-state index contributed by atoms with van der Waals surface area (Å²) in [6, 6.07) is 55.8. The zero-order valence-electron chi connectivity index (χ0n) is 34.5. The molecule has 8 aromatic rings. The van der Waals surface area contributed by atoms with Crippen molar-refractivity contribution in [1.29, 1.82) is 0 Å². The lowest BCUT2D eigenvalue weighted by Gasteiger charge is -2.46. The smallest absolute Gasteiger partial charge is 0.0763 e. The summed E-state index contributed by atoms with van der Waals surface area (Å²) in [6.45, 7) is 16.1. The monoisotopic (exact) mass is 751 g/mol. The summed E-state index contributed by atoms with van der Waals surface area (Å²) in [6.07, 6.45) is 6.72. The highest BCUT2D eigenvalue weighted by atomic mass is 15.2. The van der Waals surface area contributed by atoms with Crippen molar-refractivity contribution in [3.8, 4) is 22.4 Å². The van der Waals surface area contributed by atoms with Gasteiger partial charge in [-0.1, -0.05) is 170 Å². The van der Waals surface area contributed by atoms with E-state index >= 15 is 0 Å². The summed E-state index contributed by atoms with van der Waals surface area (Å²) in [5.41, 5.74) is 15.4. The predicted molar refractivity (Wildman–Crippen MR) is 246 cm³/mol. The van der Waals surface area contributed by atoms with Gasteiger partial charge < -0.3 is 9.80 Å². The summed E-state index contributed by atoms with van der Waals surface area (Å²) in [5.74, 6) is 0. The number of hydrogen-bond donors (Lipinski definition) is 0. The van der Waals surface area contributed by atoms with Crippen LogP contribution in [-0.4, -0.2) is 4.98 Å². The Morgan fingerprint density at radius 2 is 1.14 bits per heavy atom. The van der Waals surface area contributed by atoms with Gasteiger partial charge in [0.05, 0.1) is 17.1 Å². The SMILES string of the molecule is CC(C)(C)c1ccc(N(c2ccc(-c3ccc(-c4ncc5c6c4C(C)(C)C=CN6c4ccccc4C5(C)C)cc3)cc2)c2cc3ccccc3c3ccccc23)cc1. The van der Waals surface area contributed by atoms with E-state index in [0.717, 1.165) is 22.6 Å². The van der Waals surface area contributed by atoms with Crippen LogP contribution in [0, 0.1) is 0 Å². The highest BCUT2D eigenvalue weighted by molar-refractivity contribution is 6.14. The Morgan fingerprint density at radius 3 is 1.83 bits per heavy atom. The average molecular weight is 752 g/mol. The number of pyridine rings is 1. The molecule has 0 bridgehead atoms. The Labute approximate surface area is 342 Å². The second-order valence-corrected chi connectivity index (χ2v) is 18.2. The van der Waals surface area contributed by atoms with Crippen molar-refractivity contribution in [3.05, 3.63) is 192 Å². The lowest BCUT2D eigenvalue weighted by molar-refractivity contribution is 0.590. The fourth-order valence-corrected chi connectivity index (χ4v) is 9.40. The lowest BCUT2D eigenvalue weighted by Crippen LogP contribution is -2.36. The number of hydrogen-bond acceptors (Lipinski definition) is 3. The molecule has 3 nitrogen and oxygen atoms in total. The van der Waals surface area contributed by atoms with Crippen molar-refractivity contribution < 1.29 is 0 Å². The van der Waals surface area contributed by atoms with E-state index in [2.05, 4.69) is 228 Å². The first-order valence-electron chi connectivity index (χ1n) is 20.5. The van der Waals surface area contributed by atoms with Crippen LogP contribution in [0.4, 0.5) is 28.4 Å². The predicted octanol–water partition coefficient (Wildman–Crippen LogP) is 15.1. The zero-order valence-corrected chi connectivity index (χ0v) is 34.5. The second kappa shape index (κ2) is 13.0. The van der Waals surface area contributed by atoms with Crippen LogP contribution >= 0.6 is 0 Å². The van der Waals surface area contributed by atoms with Gasteiger partial charge in [0, 0.05) is 62.4 Å². The van der Waals surface area contributed by atoms with Crippen molar-refractivity contribution in [2.24, 2.45) is 0 Å². The molecule has 2 aliphatic rings. The molecule has 0 amide bonds. The largest absolute Gasteiger partial charge is 0.316 e. The molecular weight excluding hydrogens is 703 g/mol. The van der Waals surface area contributed by atoms with Crippen LogP contribution in [0.5, 0.6) is 0 Å². The minimum atomic E-state index is -0.184. The molecule has 0 N–H and O–H groups in total. The van der Waals surface area contributed by atoms with Gasteiger partial charge in [0.15, 0.2) is 0 Å². The summed E-state index contributed by atoms with van der Waals surface area (Å²) in [7, 11) is 0. The van der Waals surface area contributed by atoms with E-state index in [1.165, 1.54) is 72.0 Å². The molecule has 58 heavy (non-hydrogen) atoms. The summed E-state index contributed by atoms with van der Waals surface area (Å²) in [5, 5.41) is 4.98. The molecule has 0 unspecified atom stereocenters. The maximum absolute atomic E-state index is 5.25. The van der Waals surface area contributed by atoms with Gasteiger partial charge in [-0.05, 0) is 80.2 Å². The van der Waals surface area contributed by atoms with Crippen LogP contribution in [0.3, 0.4) is 0 Å². The molecule has 2 aliphatic heterocycles. The molecular formula is C55H49N3. The first kappa shape index (κ1) is 35.9. The third-order valence-electron chi connectivity index (χ3n) is 12.7. The van der Waals surface area contributed by atoms with E-state index < -0.39 is 0 Å². The van der Waals surface area contributed by atoms with Gasteiger partial charge in [-0.25, -0.2) is 0 Å². The number of benzene rings is 7. The van der Waals surface area contributed by atoms with Gasteiger partial charge in [0.1, 0.15) is 0 Å². The molecule has 1 aromatic heterocycles. The Kier molecular flexibility index (Phi) is 8.08. The van der Waals surface area contributed by atoms with Gasteiger partial charge in [-0.15, -0.1) is 0 Å². The second-order valence-electron chi connectivity index (χ2n) is 18.2. The van der Waals surface area contributed by atoms with Crippen LogP contribution in [0.15, 0.2) is 170 Å². The maximum atomic E-state index is 5.25. The number of anilines is 5. The molecule has 0 spiro atoms. The van der Waals surface area contributed by atoms with Crippen LogP contribution in [-0.2, 0) is 16.2 Å². The maximum Gasteiger partial charge on any atom is 0.0763 e. The van der Waals surface area contributed by atoms with Crippen molar-refractivity contribution in [1.82, 2.24) is 4.98 Å². The highest BCUT2D eigenvalue weighted by Crippen LogP contribution is 2.56. The lowest BCUT2D eigenvalue weighted by atomic mass is 9.69. The molecule has 7 aromatic carbocycles. The number of allylic oxidation sites excluding steroid dienone is 1. The Hall–Kier alpha value is -6.45. The normalized spacial score (nSPS) is 15.0. The molecule has 0 fully saturated rings. The van der Waals surface area contributed by atoms with E-state index in [9.17, 15) is 0 Å². The Morgan fingerprint density at radius 1 is 0.569 bits per heavy atom. The van der Waals surface area contributed by atoms with E-state index in [0.29, 0.717) is 0 Å². The quantitative estimate of drug-likeness (QED) is 0.163. The van der Waals surface area contributed by atoms with Crippen molar-refractivity contribution in [3.63, 3.8) is 0 Å². The van der Waals surface area contributed by atoms with E-state index in [1.807, 2.05) is 0 Å². The average Bonchev–Trinajstić information content (AvgIpc) is 3.23. The van der Waals surface area contributed by atoms with E-state index in [1.54, 1.807) is 0 Å². The van der Waals surface area contributed by atoms with Crippen LogP contribution < -0.4 is 9.80 Å². The number of rotatable bonds is 5. The molecule has 3 heterocycles. The molecule has 3 heteroatoms. The van der Waals surface area contributed by atoms with Gasteiger partial charge in [0.2, 0.25) is 0 Å². The molecule has 284 valence electrons. The summed E-state index contributed by atoms with van der Waals surface area (Å²) in [4.78, 5) is 10.1. The fourth-order valence-electron chi connectivity index (χ4n) is 9.40. The van der Waals surface area contributed by atoms with Crippen LogP contribution in [0.1, 0.15) is 70.7 Å².